The molecule has 2 N–H and O–H groups in total. The lowest BCUT2D eigenvalue weighted by atomic mass is 9.87. The highest BCUT2D eigenvalue weighted by Gasteiger charge is 2.23. The highest BCUT2D eigenvalue weighted by atomic mass is 79.9. The zero-order valence-corrected chi connectivity index (χ0v) is 11.9. The zero-order chi connectivity index (χ0) is 12.4. The molecule has 1 aromatic heterocycles. The average Bonchev–Trinajstić information content (AvgIpc) is 2.33. The maximum absolute atomic E-state index is 5.78. The van der Waals surface area contributed by atoms with Crippen LogP contribution in [-0.4, -0.2) is 23.1 Å². The van der Waals surface area contributed by atoms with Gasteiger partial charge in [0.25, 0.3) is 0 Å². The van der Waals surface area contributed by atoms with E-state index >= 15 is 0 Å². The second-order valence-electron chi connectivity index (χ2n) is 4.96. The predicted octanol–water partition coefficient (Wildman–Crippen LogP) is 2.69. The summed E-state index contributed by atoms with van der Waals surface area (Å²) in [5, 5.41) is 0. The van der Waals surface area contributed by atoms with Gasteiger partial charge in [0.15, 0.2) is 0 Å². The fourth-order valence-electron chi connectivity index (χ4n) is 2.37. The van der Waals surface area contributed by atoms with Crippen LogP contribution in [-0.2, 0) is 0 Å². The molecule has 1 aromatic rings. The van der Waals surface area contributed by atoms with Crippen LogP contribution in [0.1, 0.15) is 26.7 Å². The van der Waals surface area contributed by atoms with Crippen LogP contribution in [0.2, 0.25) is 0 Å². The molecule has 4 nitrogen and oxygen atoms in total. The number of hydrogen-bond donors (Lipinski definition) is 1. The van der Waals surface area contributed by atoms with Crippen LogP contribution in [0.5, 0.6) is 0 Å². The van der Waals surface area contributed by atoms with Crippen molar-refractivity contribution in [1.82, 2.24) is 9.97 Å². The van der Waals surface area contributed by atoms with E-state index in [0.29, 0.717) is 5.82 Å². The van der Waals surface area contributed by atoms with E-state index in [9.17, 15) is 0 Å². The van der Waals surface area contributed by atoms with Crippen molar-refractivity contribution in [1.29, 1.82) is 0 Å². The van der Waals surface area contributed by atoms with Gasteiger partial charge in [-0.3, -0.25) is 0 Å². The maximum Gasteiger partial charge on any atom is 0.148 e. The molecule has 0 saturated carbocycles. The third-order valence-corrected chi connectivity index (χ3v) is 4.34. The Bertz CT molecular complexity index is 386. The molecule has 0 aromatic carbocycles. The fraction of sp³-hybridized carbons (Fsp3) is 0.667. The van der Waals surface area contributed by atoms with Crippen molar-refractivity contribution in [3.8, 4) is 0 Å². The lowest BCUT2D eigenvalue weighted by Gasteiger charge is -2.35. The van der Waals surface area contributed by atoms with Crippen LogP contribution in [0.3, 0.4) is 0 Å². The first-order chi connectivity index (χ1) is 8.09. The van der Waals surface area contributed by atoms with E-state index in [0.717, 1.165) is 35.2 Å². The SMILES string of the molecule is CC(C)C1CCN(c2ncnc(N)c2Br)CC1. The molecule has 2 heterocycles. The molecule has 0 atom stereocenters. The Morgan fingerprint density at radius 2 is 2.00 bits per heavy atom. The van der Waals surface area contributed by atoms with Gasteiger partial charge in [0.2, 0.25) is 0 Å². The van der Waals surface area contributed by atoms with Gasteiger partial charge in [0.05, 0.1) is 0 Å². The summed E-state index contributed by atoms with van der Waals surface area (Å²) in [6, 6.07) is 0. The van der Waals surface area contributed by atoms with E-state index in [1.54, 1.807) is 0 Å². The lowest BCUT2D eigenvalue weighted by molar-refractivity contribution is 0.310. The first kappa shape index (κ1) is 12.6. The van der Waals surface area contributed by atoms with Gasteiger partial charge >= 0.3 is 0 Å². The molecule has 17 heavy (non-hydrogen) atoms. The molecule has 0 unspecified atom stereocenters. The predicted molar refractivity (Wildman–Crippen MR) is 73.9 cm³/mol. The summed E-state index contributed by atoms with van der Waals surface area (Å²) >= 11 is 3.47. The van der Waals surface area contributed by atoms with Crippen LogP contribution >= 0.6 is 15.9 Å². The van der Waals surface area contributed by atoms with Crippen molar-refractivity contribution in [2.24, 2.45) is 11.8 Å². The highest BCUT2D eigenvalue weighted by molar-refractivity contribution is 9.10. The molecular formula is C12H19BrN4. The van der Waals surface area contributed by atoms with Crippen molar-refractivity contribution in [3.05, 3.63) is 10.8 Å². The van der Waals surface area contributed by atoms with Gasteiger partial charge in [0.1, 0.15) is 22.4 Å². The van der Waals surface area contributed by atoms with E-state index in [-0.39, 0.29) is 0 Å². The lowest BCUT2D eigenvalue weighted by Crippen LogP contribution is -2.36. The monoisotopic (exact) mass is 298 g/mol. The molecule has 0 radical (unpaired) electrons. The fourth-order valence-corrected chi connectivity index (χ4v) is 2.83. The van der Waals surface area contributed by atoms with Crippen molar-refractivity contribution >= 4 is 27.6 Å². The second-order valence-corrected chi connectivity index (χ2v) is 5.76. The topological polar surface area (TPSA) is 55.0 Å². The maximum atomic E-state index is 5.78. The van der Waals surface area contributed by atoms with E-state index < -0.39 is 0 Å². The molecule has 0 spiro atoms. The van der Waals surface area contributed by atoms with Crippen molar-refractivity contribution in [2.75, 3.05) is 23.7 Å². The van der Waals surface area contributed by atoms with E-state index in [2.05, 4.69) is 44.6 Å². The largest absolute Gasteiger partial charge is 0.383 e. The minimum Gasteiger partial charge on any atom is -0.383 e. The summed E-state index contributed by atoms with van der Waals surface area (Å²) < 4.78 is 0.822. The van der Waals surface area contributed by atoms with Crippen molar-refractivity contribution in [3.63, 3.8) is 0 Å². The van der Waals surface area contributed by atoms with Crippen LogP contribution in [0.25, 0.3) is 0 Å². The second kappa shape index (κ2) is 5.21. The molecule has 1 saturated heterocycles. The zero-order valence-electron chi connectivity index (χ0n) is 10.4. The summed E-state index contributed by atoms with van der Waals surface area (Å²) in [7, 11) is 0. The van der Waals surface area contributed by atoms with Gasteiger partial charge in [-0.05, 0) is 40.6 Å². The van der Waals surface area contributed by atoms with Gasteiger partial charge in [-0.2, -0.15) is 0 Å². The number of nitrogens with two attached hydrogens (primary N) is 1. The van der Waals surface area contributed by atoms with E-state index in [1.807, 2.05) is 0 Å². The van der Waals surface area contributed by atoms with Crippen molar-refractivity contribution in [2.45, 2.75) is 26.7 Å². The molecular weight excluding hydrogens is 280 g/mol. The first-order valence-electron chi connectivity index (χ1n) is 6.10. The molecule has 1 aliphatic heterocycles. The molecule has 1 aliphatic rings. The molecule has 0 amide bonds. The normalized spacial score (nSPS) is 17.8. The third kappa shape index (κ3) is 2.70. The van der Waals surface area contributed by atoms with E-state index in [4.69, 9.17) is 5.73 Å². The van der Waals surface area contributed by atoms with Crippen molar-refractivity contribution < 1.29 is 0 Å². The third-order valence-electron chi connectivity index (χ3n) is 3.58. The number of rotatable bonds is 2. The van der Waals surface area contributed by atoms with Crippen LogP contribution in [0.4, 0.5) is 11.6 Å². The minimum atomic E-state index is 0.515. The smallest absolute Gasteiger partial charge is 0.148 e. The Kier molecular flexibility index (Phi) is 3.86. The quantitative estimate of drug-likeness (QED) is 0.912. The van der Waals surface area contributed by atoms with Gasteiger partial charge in [0, 0.05) is 13.1 Å². The van der Waals surface area contributed by atoms with Crippen LogP contribution < -0.4 is 10.6 Å². The molecule has 5 heteroatoms. The number of aromatic nitrogens is 2. The first-order valence-corrected chi connectivity index (χ1v) is 6.89. The number of nitrogens with zero attached hydrogens (tertiary/aromatic N) is 3. The molecule has 2 rings (SSSR count). The number of anilines is 2. The standard InChI is InChI=1S/C12H19BrN4/c1-8(2)9-3-5-17(6-4-9)12-10(13)11(14)15-7-16-12/h7-9H,3-6H2,1-2H3,(H2,14,15,16). The summed E-state index contributed by atoms with van der Waals surface area (Å²) in [6.45, 7) is 6.72. The highest BCUT2D eigenvalue weighted by Crippen LogP contribution is 2.32. The Hall–Kier alpha value is -0.840. The number of nitrogen functional groups attached to an aromatic ring is 1. The Balaban J connectivity index is 2.08. The summed E-state index contributed by atoms with van der Waals surface area (Å²) in [4.78, 5) is 10.6. The number of halogens is 1. The average molecular weight is 299 g/mol. The summed E-state index contributed by atoms with van der Waals surface area (Å²) in [5.41, 5.74) is 5.78. The van der Waals surface area contributed by atoms with Gasteiger partial charge < -0.3 is 10.6 Å². The molecule has 1 fully saturated rings. The number of hydrogen-bond acceptors (Lipinski definition) is 4. The molecule has 0 aliphatic carbocycles. The summed E-state index contributed by atoms with van der Waals surface area (Å²) in [5.74, 6) is 3.06. The summed E-state index contributed by atoms with van der Waals surface area (Å²) in [6.07, 6.45) is 3.99. The molecule has 94 valence electrons. The van der Waals surface area contributed by atoms with Gasteiger partial charge in [-0.25, -0.2) is 9.97 Å². The van der Waals surface area contributed by atoms with Gasteiger partial charge in [-0.1, -0.05) is 13.8 Å². The minimum absolute atomic E-state index is 0.515. The van der Waals surface area contributed by atoms with Crippen LogP contribution in [0, 0.1) is 11.8 Å². The van der Waals surface area contributed by atoms with E-state index in [1.165, 1.54) is 19.2 Å². The number of piperidine rings is 1. The van der Waals surface area contributed by atoms with Crippen LogP contribution in [0.15, 0.2) is 10.8 Å². The molecule has 0 bridgehead atoms. The van der Waals surface area contributed by atoms with Gasteiger partial charge in [-0.15, -0.1) is 0 Å². The Labute approximate surface area is 111 Å². The Morgan fingerprint density at radius 1 is 1.35 bits per heavy atom. The Morgan fingerprint density at radius 3 is 2.59 bits per heavy atom.